The van der Waals surface area contributed by atoms with Gasteiger partial charge in [-0.2, -0.15) is 0 Å². The Balaban J connectivity index is 5.19. The number of esters is 4. The molecule has 0 saturated heterocycles. The van der Waals surface area contributed by atoms with Gasteiger partial charge in [-0.1, -0.05) is 292 Å². The third kappa shape index (κ3) is 61.3. The van der Waals surface area contributed by atoms with E-state index in [0.717, 1.165) is 108 Å². The first-order valence-corrected chi connectivity index (χ1v) is 38.5. The quantitative estimate of drug-likeness (QED) is 0.0222. The first kappa shape index (κ1) is 85.1. The number of phosphoric acid groups is 2. The van der Waals surface area contributed by atoms with Crippen LogP contribution in [0.4, 0.5) is 0 Å². The smallest absolute Gasteiger partial charge is 0.462 e. The number of phosphoric ester groups is 2. The van der Waals surface area contributed by atoms with Crippen molar-refractivity contribution in [3.05, 3.63) is 0 Å². The Labute approximate surface area is 530 Å². The van der Waals surface area contributed by atoms with Crippen molar-refractivity contribution in [1.29, 1.82) is 0 Å². The van der Waals surface area contributed by atoms with Gasteiger partial charge in [0.2, 0.25) is 0 Å². The molecule has 0 bridgehead atoms. The molecular formula is C68H132O17P2. The van der Waals surface area contributed by atoms with E-state index < -0.39 is 97.5 Å². The first-order chi connectivity index (χ1) is 41.9. The number of unbranched alkanes of at least 4 members (excludes halogenated alkanes) is 36. The molecule has 3 unspecified atom stereocenters. The van der Waals surface area contributed by atoms with Gasteiger partial charge in [0.1, 0.15) is 19.3 Å². The van der Waals surface area contributed by atoms with E-state index in [1.165, 1.54) is 154 Å². The molecular weight excluding hydrogens is 1150 g/mol. The maximum Gasteiger partial charge on any atom is 0.472 e. The van der Waals surface area contributed by atoms with Gasteiger partial charge in [-0.05, 0) is 37.5 Å². The number of carbonyl (C=O) groups is 4. The summed E-state index contributed by atoms with van der Waals surface area (Å²) in [4.78, 5) is 72.3. The molecule has 0 rings (SSSR count). The van der Waals surface area contributed by atoms with E-state index >= 15 is 0 Å². The van der Waals surface area contributed by atoms with Crippen LogP contribution in [-0.4, -0.2) is 96.7 Å². The SMILES string of the molecule is CCCCCCCCCCCC(=O)O[C@H](COC(=O)CCCCCCCCCC)COP(=O)(O)OC[C@H](O)COP(=O)(O)OC[C@@H](COC(=O)CCCCCCCCCCC(C)CC)OC(=O)CCCCCCCCCCCCCCCCCC(C)C. The molecule has 0 saturated carbocycles. The lowest BCUT2D eigenvalue weighted by molar-refractivity contribution is -0.161. The molecule has 0 aliphatic carbocycles. The van der Waals surface area contributed by atoms with Crippen molar-refractivity contribution in [2.45, 2.75) is 362 Å². The van der Waals surface area contributed by atoms with E-state index in [9.17, 15) is 43.2 Å². The van der Waals surface area contributed by atoms with Crippen LogP contribution in [0.1, 0.15) is 343 Å². The molecule has 3 N–H and O–H groups in total. The van der Waals surface area contributed by atoms with Crippen LogP contribution in [0.2, 0.25) is 0 Å². The lowest BCUT2D eigenvalue weighted by atomic mass is 9.99. The van der Waals surface area contributed by atoms with E-state index in [4.69, 9.17) is 37.0 Å². The van der Waals surface area contributed by atoms with E-state index in [2.05, 4.69) is 41.5 Å². The molecule has 87 heavy (non-hydrogen) atoms. The van der Waals surface area contributed by atoms with E-state index in [0.29, 0.717) is 25.7 Å². The zero-order valence-corrected chi connectivity index (χ0v) is 58.1. The first-order valence-electron chi connectivity index (χ1n) is 35.5. The molecule has 0 amide bonds. The molecule has 0 aromatic carbocycles. The summed E-state index contributed by atoms with van der Waals surface area (Å²) in [5.41, 5.74) is 0. The van der Waals surface area contributed by atoms with Gasteiger partial charge in [-0.15, -0.1) is 0 Å². The highest BCUT2D eigenvalue weighted by molar-refractivity contribution is 7.47. The molecule has 0 aliphatic heterocycles. The summed E-state index contributed by atoms with van der Waals surface area (Å²) >= 11 is 0. The number of hydrogen-bond donors (Lipinski definition) is 3. The zero-order chi connectivity index (χ0) is 64.3. The van der Waals surface area contributed by atoms with Gasteiger partial charge in [-0.25, -0.2) is 9.13 Å². The molecule has 516 valence electrons. The van der Waals surface area contributed by atoms with Crippen LogP contribution in [0.15, 0.2) is 0 Å². The average molecular weight is 1280 g/mol. The maximum absolute atomic E-state index is 13.0. The van der Waals surface area contributed by atoms with Crippen LogP contribution in [0, 0.1) is 11.8 Å². The number of hydrogen-bond acceptors (Lipinski definition) is 15. The molecule has 0 aromatic heterocycles. The molecule has 0 fully saturated rings. The van der Waals surface area contributed by atoms with Crippen molar-refractivity contribution < 1.29 is 80.2 Å². The molecule has 6 atom stereocenters. The van der Waals surface area contributed by atoms with Crippen molar-refractivity contribution in [2.75, 3.05) is 39.6 Å². The third-order valence-corrected chi connectivity index (χ3v) is 18.0. The van der Waals surface area contributed by atoms with Crippen LogP contribution < -0.4 is 0 Å². The minimum absolute atomic E-state index is 0.105. The highest BCUT2D eigenvalue weighted by Crippen LogP contribution is 2.45. The second-order valence-corrected chi connectivity index (χ2v) is 28.2. The topological polar surface area (TPSA) is 237 Å². The summed E-state index contributed by atoms with van der Waals surface area (Å²) in [6.07, 6.45) is 44.5. The summed E-state index contributed by atoms with van der Waals surface area (Å²) in [6.45, 7) is 9.52. The van der Waals surface area contributed by atoms with Crippen molar-refractivity contribution in [3.63, 3.8) is 0 Å². The Kier molecular flexibility index (Phi) is 59.0. The van der Waals surface area contributed by atoms with E-state index in [1.807, 2.05) is 0 Å². The van der Waals surface area contributed by atoms with Gasteiger partial charge in [0.25, 0.3) is 0 Å². The largest absolute Gasteiger partial charge is 0.472 e. The zero-order valence-electron chi connectivity index (χ0n) is 56.3. The second-order valence-electron chi connectivity index (χ2n) is 25.3. The fourth-order valence-corrected chi connectivity index (χ4v) is 11.8. The van der Waals surface area contributed by atoms with Crippen LogP contribution in [0.25, 0.3) is 0 Å². The Bertz CT molecular complexity index is 1700. The lowest BCUT2D eigenvalue weighted by Gasteiger charge is -2.21. The summed E-state index contributed by atoms with van der Waals surface area (Å²) in [5, 5.41) is 10.6. The molecule has 0 aromatic rings. The Hall–Kier alpha value is -1.94. The van der Waals surface area contributed by atoms with Crippen molar-refractivity contribution in [3.8, 4) is 0 Å². The van der Waals surface area contributed by atoms with Gasteiger partial charge in [-0.3, -0.25) is 37.3 Å². The monoisotopic (exact) mass is 1280 g/mol. The molecule has 0 spiro atoms. The lowest BCUT2D eigenvalue weighted by Crippen LogP contribution is -2.30. The molecule has 0 aliphatic rings. The Morgan fingerprint density at radius 2 is 0.586 bits per heavy atom. The van der Waals surface area contributed by atoms with Gasteiger partial charge in [0, 0.05) is 25.7 Å². The van der Waals surface area contributed by atoms with Crippen LogP contribution in [0.3, 0.4) is 0 Å². The van der Waals surface area contributed by atoms with Gasteiger partial charge in [0.05, 0.1) is 26.4 Å². The summed E-state index contributed by atoms with van der Waals surface area (Å²) in [7, 11) is -9.89. The van der Waals surface area contributed by atoms with Crippen molar-refractivity contribution >= 4 is 39.5 Å². The highest BCUT2D eigenvalue weighted by Gasteiger charge is 2.30. The Morgan fingerprint density at radius 3 is 0.874 bits per heavy atom. The standard InChI is InChI=1S/C68H132O17P2/c1-7-10-12-14-16-25-34-40-46-52-67(72)84-63(56-78-65(70)50-44-38-32-17-15-13-11-8-2)58-82-86(74,75)80-54-62(69)55-81-87(76,77)83-59-64(57-79-66(71)51-45-39-33-29-28-31-37-43-49-61(6)9-3)85-68(73)53-47-41-35-27-24-22-20-18-19-21-23-26-30-36-42-48-60(4)5/h60-64,69H,7-59H2,1-6H3,(H,74,75)(H,76,77)/t61?,62-,63+,64+/m0/s1. The minimum Gasteiger partial charge on any atom is -0.462 e. The Morgan fingerprint density at radius 1 is 0.333 bits per heavy atom. The number of aliphatic hydroxyl groups is 1. The molecule has 0 heterocycles. The number of aliphatic hydroxyl groups excluding tert-OH is 1. The van der Waals surface area contributed by atoms with Gasteiger partial charge < -0.3 is 33.8 Å². The minimum atomic E-state index is -4.95. The van der Waals surface area contributed by atoms with Gasteiger partial charge in [0.15, 0.2) is 12.2 Å². The third-order valence-electron chi connectivity index (χ3n) is 16.1. The highest BCUT2D eigenvalue weighted by atomic mass is 31.2. The van der Waals surface area contributed by atoms with E-state index in [-0.39, 0.29) is 25.7 Å². The van der Waals surface area contributed by atoms with Crippen molar-refractivity contribution in [1.82, 2.24) is 0 Å². The fraction of sp³-hybridized carbons (Fsp3) is 0.941. The summed E-state index contributed by atoms with van der Waals surface area (Å²) < 4.78 is 68.1. The number of rotatable bonds is 67. The molecule has 17 nitrogen and oxygen atoms in total. The van der Waals surface area contributed by atoms with Crippen LogP contribution in [0.5, 0.6) is 0 Å². The van der Waals surface area contributed by atoms with Gasteiger partial charge >= 0.3 is 39.5 Å². The normalized spacial score (nSPS) is 14.5. The second kappa shape index (κ2) is 60.3. The predicted octanol–water partition coefficient (Wildman–Crippen LogP) is 19.2. The average Bonchev–Trinajstić information content (AvgIpc) is 3.69. The van der Waals surface area contributed by atoms with E-state index in [1.54, 1.807) is 0 Å². The maximum atomic E-state index is 13.0. The molecule has 0 radical (unpaired) electrons. The van der Waals surface area contributed by atoms with Crippen LogP contribution >= 0.6 is 15.6 Å². The van der Waals surface area contributed by atoms with Crippen molar-refractivity contribution in [2.24, 2.45) is 11.8 Å². The van der Waals surface area contributed by atoms with Crippen LogP contribution in [-0.2, 0) is 65.4 Å². The predicted molar refractivity (Wildman–Crippen MR) is 349 cm³/mol. The summed E-state index contributed by atoms with van der Waals surface area (Å²) in [5.74, 6) is -0.551. The fourth-order valence-electron chi connectivity index (χ4n) is 10.2. The summed E-state index contributed by atoms with van der Waals surface area (Å²) in [6, 6.07) is 0. The number of carbonyl (C=O) groups excluding carboxylic acids is 4. The molecule has 19 heteroatoms. The number of ether oxygens (including phenoxy) is 4.